The summed E-state index contributed by atoms with van der Waals surface area (Å²) in [5.74, 6) is -0.323. The number of para-hydroxylation sites is 1. The van der Waals surface area contributed by atoms with Crippen LogP contribution in [0.2, 0.25) is 0 Å². The van der Waals surface area contributed by atoms with Gasteiger partial charge in [0.05, 0.1) is 0 Å². The van der Waals surface area contributed by atoms with Crippen molar-refractivity contribution in [3.05, 3.63) is 66.0 Å². The number of nitrogens with one attached hydrogen (secondary N) is 1. The van der Waals surface area contributed by atoms with E-state index in [0.29, 0.717) is 12.0 Å². The van der Waals surface area contributed by atoms with Crippen molar-refractivity contribution in [2.45, 2.75) is 0 Å². The molecule has 0 bridgehead atoms. The van der Waals surface area contributed by atoms with Gasteiger partial charge in [0.25, 0.3) is 0 Å². The number of halogens is 1. The van der Waals surface area contributed by atoms with Gasteiger partial charge < -0.3 is 5.32 Å². The summed E-state index contributed by atoms with van der Waals surface area (Å²) in [6, 6.07) is 13.9. The van der Waals surface area contributed by atoms with Gasteiger partial charge in [-0.2, -0.15) is 0 Å². The van der Waals surface area contributed by atoms with Crippen LogP contribution in [0, 0.1) is 5.82 Å². The normalized spacial score (nSPS) is 10.5. The first-order valence-corrected chi connectivity index (χ1v) is 5.53. The van der Waals surface area contributed by atoms with Gasteiger partial charge in [-0.3, -0.25) is 4.79 Å². The van der Waals surface area contributed by atoms with Crippen molar-refractivity contribution in [3.63, 3.8) is 0 Å². The molecule has 0 fully saturated rings. The van der Waals surface area contributed by atoms with Crippen LogP contribution >= 0.6 is 0 Å². The number of hydrogen-bond acceptors (Lipinski definition) is 2. The number of anilines is 2. The van der Waals surface area contributed by atoms with E-state index in [2.05, 4.69) is 5.32 Å². The molecule has 2 aromatic carbocycles. The molecule has 2 rings (SSSR count). The second-order valence-corrected chi connectivity index (χ2v) is 3.72. The molecule has 0 aliphatic carbocycles. The largest absolute Gasteiger partial charge is 0.355 e. The molecule has 1 N–H and O–H groups in total. The second kappa shape index (κ2) is 5.77. The van der Waals surface area contributed by atoms with Gasteiger partial charge >= 0.3 is 0 Å². The fourth-order valence-electron chi connectivity index (χ4n) is 1.60. The lowest BCUT2D eigenvalue weighted by atomic mass is 10.1. The number of rotatable bonds is 4. The Morgan fingerprint density at radius 3 is 2.56 bits per heavy atom. The molecule has 0 amide bonds. The Balaban J connectivity index is 2.33. The summed E-state index contributed by atoms with van der Waals surface area (Å²) in [6.07, 6.45) is 3.71. The molecule has 0 aromatic heterocycles. The lowest BCUT2D eigenvalue weighted by Crippen LogP contribution is -1.93. The van der Waals surface area contributed by atoms with Gasteiger partial charge in [0.15, 0.2) is 0 Å². The first kappa shape index (κ1) is 12.0. The average Bonchev–Trinajstić information content (AvgIpc) is 2.39. The van der Waals surface area contributed by atoms with Crippen LogP contribution in [0.1, 0.15) is 5.56 Å². The van der Waals surface area contributed by atoms with Gasteiger partial charge in [-0.25, -0.2) is 4.39 Å². The zero-order valence-electron chi connectivity index (χ0n) is 9.64. The maximum Gasteiger partial charge on any atom is 0.142 e. The van der Waals surface area contributed by atoms with Gasteiger partial charge in [-0.05, 0) is 48.0 Å². The van der Waals surface area contributed by atoms with Gasteiger partial charge in [-0.1, -0.05) is 18.2 Å². The summed E-state index contributed by atoms with van der Waals surface area (Å²) in [5.41, 5.74) is 2.25. The van der Waals surface area contributed by atoms with Crippen molar-refractivity contribution in [3.8, 4) is 0 Å². The summed E-state index contributed by atoms with van der Waals surface area (Å²) in [7, 11) is 0. The monoisotopic (exact) mass is 241 g/mol. The Hall–Kier alpha value is -2.42. The molecule has 0 unspecified atom stereocenters. The van der Waals surface area contributed by atoms with Crippen LogP contribution < -0.4 is 5.32 Å². The van der Waals surface area contributed by atoms with Gasteiger partial charge in [0.1, 0.15) is 12.1 Å². The van der Waals surface area contributed by atoms with Crippen LogP contribution in [-0.4, -0.2) is 6.29 Å². The van der Waals surface area contributed by atoms with Crippen molar-refractivity contribution in [1.82, 2.24) is 0 Å². The van der Waals surface area contributed by atoms with Crippen LogP contribution in [0.15, 0.2) is 54.6 Å². The highest BCUT2D eigenvalue weighted by Crippen LogP contribution is 2.23. The summed E-state index contributed by atoms with van der Waals surface area (Å²) < 4.78 is 13.2. The number of allylic oxidation sites excluding steroid dienone is 1. The maximum atomic E-state index is 13.2. The molecule has 0 atom stereocenters. The quantitative estimate of drug-likeness (QED) is 0.652. The molecule has 0 aliphatic rings. The van der Waals surface area contributed by atoms with Crippen LogP contribution in [0.4, 0.5) is 15.8 Å². The van der Waals surface area contributed by atoms with E-state index >= 15 is 0 Å². The van der Waals surface area contributed by atoms with Crippen LogP contribution in [0.25, 0.3) is 6.08 Å². The highest BCUT2D eigenvalue weighted by molar-refractivity contribution is 5.79. The molecule has 0 aliphatic heterocycles. The zero-order valence-corrected chi connectivity index (χ0v) is 9.64. The third-order valence-corrected chi connectivity index (χ3v) is 2.42. The first-order chi connectivity index (χ1) is 8.79. The Morgan fingerprint density at radius 2 is 1.83 bits per heavy atom. The highest BCUT2D eigenvalue weighted by atomic mass is 19.1. The van der Waals surface area contributed by atoms with E-state index in [0.717, 1.165) is 11.3 Å². The zero-order chi connectivity index (χ0) is 12.8. The van der Waals surface area contributed by atoms with E-state index in [-0.39, 0.29) is 5.82 Å². The van der Waals surface area contributed by atoms with Crippen LogP contribution in [-0.2, 0) is 4.79 Å². The fourth-order valence-corrected chi connectivity index (χ4v) is 1.60. The molecule has 90 valence electrons. The lowest BCUT2D eigenvalue weighted by Gasteiger charge is -2.09. The first-order valence-electron chi connectivity index (χ1n) is 5.53. The predicted octanol–water partition coefficient (Wildman–Crippen LogP) is 3.78. The average molecular weight is 241 g/mol. The number of benzene rings is 2. The van der Waals surface area contributed by atoms with E-state index in [9.17, 15) is 9.18 Å². The summed E-state index contributed by atoms with van der Waals surface area (Å²) >= 11 is 0. The SMILES string of the molecule is O=CC=Cc1ccc(F)cc1Nc1ccccc1. The molecule has 18 heavy (non-hydrogen) atoms. The third kappa shape index (κ3) is 3.04. The standard InChI is InChI=1S/C15H12FNO/c16-13-9-8-12(5-4-10-18)15(11-13)17-14-6-2-1-3-7-14/h1-11,17H. The predicted molar refractivity (Wildman–Crippen MR) is 71.2 cm³/mol. The minimum Gasteiger partial charge on any atom is -0.355 e. The number of hydrogen-bond donors (Lipinski definition) is 1. The van der Waals surface area contributed by atoms with Crippen molar-refractivity contribution >= 4 is 23.7 Å². The van der Waals surface area contributed by atoms with E-state index in [1.54, 1.807) is 12.1 Å². The summed E-state index contributed by atoms with van der Waals surface area (Å²) in [5, 5.41) is 3.12. The molecule has 0 spiro atoms. The van der Waals surface area contributed by atoms with Crippen LogP contribution in [0.5, 0.6) is 0 Å². The number of carbonyl (C=O) groups excluding carboxylic acids is 1. The maximum absolute atomic E-state index is 13.2. The molecular weight excluding hydrogens is 229 g/mol. The van der Waals surface area contributed by atoms with Gasteiger partial charge in [0.2, 0.25) is 0 Å². The smallest absolute Gasteiger partial charge is 0.142 e. The fraction of sp³-hybridized carbons (Fsp3) is 0. The number of carbonyl (C=O) groups is 1. The van der Waals surface area contributed by atoms with Crippen molar-refractivity contribution < 1.29 is 9.18 Å². The van der Waals surface area contributed by atoms with Crippen molar-refractivity contribution in [1.29, 1.82) is 0 Å². The highest BCUT2D eigenvalue weighted by Gasteiger charge is 2.02. The van der Waals surface area contributed by atoms with E-state index in [4.69, 9.17) is 0 Å². The molecule has 0 saturated heterocycles. The van der Waals surface area contributed by atoms with E-state index in [1.807, 2.05) is 30.3 Å². The summed E-state index contributed by atoms with van der Waals surface area (Å²) in [4.78, 5) is 10.3. The van der Waals surface area contributed by atoms with Gasteiger partial charge in [-0.15, -0.1) is 0 Å². The third-order valence-electron chi connectivity index (χ3n) is 2.42. The molecule has 3 heteroatoms. The minimum absolute atomic E-state index is 0.323. The Bertz CT molecular complexity index is 564. The van der Waals surface area contributed by atoms with Crippen molar-refractivity contribution in [2.24, 2.45) is 0 Å². The molecule has 0 radical (unpaired) electrons. The second-order valence-electron chi connectivity index (χ2n) is 3.72. The Kier molecular flexibility index (Phi) is 3.86. The Labute approximate surface area is 105 Å². The topological polar surface area (TPSA) is 29.1 Å². The molecular formula is C15H12FNO. The molecule has 2 aromatic rings. The minimum atomic E-state index is -0.323. The Morgan fingerprint density at radius 1 is 1.06 bits per heavy atom. The van der Waals surface area contributed by atoms with Crippen molar-refractivity contribution in [2.75, 3.05) is 5.32 Å². The molecule has 0 heterocycles. The van der Waals surface area contributed by atoms with E-state index < -0.39 is 0 Å². The van der Waals surface area contributed by atoms with Crippen LogP contribution in [0.3, 0.4) is 0 Å². The lowest BCUT2D eigenvalue weighted by molar-refractivity contribution is -0.104. The number of aldehydes is 1. The summed E-state index contributed by atoms with van der Waals surface area (Å²) in [6.45, 7) is 0. The molecule has 0 saturated carbocycles. The van der Waals surface area contributed by atoms with Gasteiger partial charge in [0, 0.05) is 11.4 Å². The molecule has 2 nitrogen and oxygen atoms in total. The van der Waals surface area contributed by atoms with E-state index in [1.165, 1.54) is 18.2 Å².